The molecule has 1 atom stereocenters. The average molecular weight is 448 g/mol. The van der Waals surface area contributed by atoms with Gasteiger partial charge in [-0.3, -0.25) is 4.90 Å². The molecule has 0 N–H and O–H groups in total. The molecule has 0 radical (unpaired) electrons. The molecule has 2 nitrogen and oxygen atoms in total. The van der Waals surface area contributed by atoms with Gasteiger partial charge in [-0.2, -0.15) is 13.2 Å². The molecule has 1 aliphatic carbocycles. The third-order valence-electron chi connectivity index (χ3n) is 7.56. The van der Waals surface area contributed by atoms with Crippen LogP contribution in [0.5, 0.6) is 5.75 Å². The standard InChI is InChI=1S/C27H36F3NO/c1-3-19-8-13-22(14-9-19)32-25-15-12-20-10-11-21(18-23(20)26(25)27(28,29)30)24(4-2)31-16-6-5-7-17-31/h10-12,15,18-19,22,24H,3-9,13-14,16-17H2,1-2H3/t19?,22?,24-/m1/s1. The molecule has 2 aliphatic rings. The lowest BCUT2D eigenvalue weighted by Gasteiger charge is -2.34. The number of alkyl halides is 3. The summed E-state index contributed by atoms with van der Waals surface area (Å²) in [6.45, 7) is 6.35. The lowest BCUT2D eigenvalue weighted by Crippen LogP contribution is -2.33. The minimum absolute atomic E-state index is 0.00637. The number of hydrogen-bond donors (Lipinski definition) is 0. The van der Waals surface area contributed by atoms with E-state index in [1.165, 1.54) is 12.5 Å². The normalized spacial score (nSPS) is 23.9. The molecule has 4 rings (SSSR count). The second-order valence-corrected chi connectivity index (χ2v) is 9.61. The molecule has 1 aliphatic heterocycles. The number of benzene rings is 2. The van der Waals surface area contributed by atoms with E-state index < -0.39 is 11.7 Å². The first-order valence-corrected chi connectivity index (χ1v) is 12.4. The molecule has 2 fully saturated rings. The van der Waals surface area contributed by atoms with Crippen LogP contribution in [-0.2, 0) is 6.18 Å². The van der Waals surface area contributed by atoms with E-state index in [1.807, 2.05) is 12.1 Å². The Labute approximate surface area is 190 Å². The van der Waals surface area contributed by atoms with Crippen molar-refractivity contribution in [3.8, 4) is 5.75 Å². The minimum Gasteiger partial charge on any atom is -0.490 e. The Morgan fingerprint density at radius 1 is 0.969 bits per heavy atom. The fourth-order valence-electron chi connectivity index (χ4n) is 5.69. The Morgan fingerprint density at radius 2 is 1.66 bits per heavy atom. The molecule has 1 saturated carbocycles. The van der Waals surface area contributed by atoms with Crippen molar-refractivity contribution in [1.82, 2.24) is 4.90 Å². The van der Waals surface area contributed by atoms with E-state index in [0.29, 0.717) is 11.3 Å². The first-order chi connectivity index (χ1) is 15.4. The van der Waals surface area contributed by atoms with Gasteiger partial charge in [0.2, 0.25) is 0 Å². The number of piperidine rings is 1. The van der Waals surface area contributed by atoms with Crippen LogP contribution in [-0.4, -0.2) is 24.1 Å². The highest BCUT2D eigenvalue weighted by Crippen LogP contribution is 2.43. The maximum absolute atomic E-state index is 14.3. The zero-order valence-corrected chi connectivity index (χ0v) is 19.4. The van der Waals surface area contributed by atoms with E-state index in [-0.39, 0.29) is 23.3 Å². The molecule has 32 heavy (non-hydrogen) atoms. The van der Waals surface area contributed by atoms with E-state index in [2.05, 4.69) is 18.7 Å². The van der Waals surface area contributed by atoms with Crippen LogP contribution in [0.1, 0.15) is 88.8 Å². The van der Waals surface area contributed by atoms with Gasteiger partial charge < -0.3 is 4.74 Å². The van der Waals surface area contributed by atoms with E-state index in [4.69, 9.17) is 4.74 Å². The summed E-state index contributed by atoms with van der Waals surface area (Å²) in [4.78, 5) is 2.43. The number of ether oxygens (including phenoxy) is 1. The van der Waals surface area contributed by atoms with Crippen molar-refractivity contribution in [2.45, 2.75) is 90.0 Å². The second-order valence-electron chi connectivity index (χ2n) is 9.61. The highest BCUT2D eigenvalue weighted by Gasteiger charge is 2.38. The molecule has 0 spiro atoms. The van der Waals surface area contributed by atoms with Crippen LogP contribution in [0, 0.1) is 5.92 Å². The van der Waals surface area contributed by atoms with Crippen molar-refractivity contribution in [1.29, 1.82) is 0 Å². The summed E-state index contributed by atoms with van der Waals surface area (Å²) in [5.41, 5.74) is 0.371. The van der Waals surface area contributed by atoms with Gasteiger partial charge >= 0.3 is 6.18 Å². The highest BCUT2D eigenvalue weighted by atomic mass is 19.4. The van der Waals surface area contributed by atoms with Gasteiger partial charge in [-0.05, 0) is 92.4 Å². The third kappa shape index (κ3) is 5.08. The summed E-state index contributed by atoms with van der Waals surface area (Å²) >= 11 is 0. The lowest BCUT2D eigenvalue weighted by atomic mass is 9.86. The van der Waals surface area contributed by atoms with Crippen molar-refractivity contribution in [3.63, 3.8) is 0 Å². The molecular weight excluding hydrogens is 411 g/mol. The maximum Gasteiger partial charge on any atom is 0.420 e. The number of fused-ring (bicyclic) bond motifs is 1. The van der Waals surface area contributed by atoms with Gasteiger partial charge in [0.05, 0.1) is 6.10 Å². The first-order valence-electron chi connectivity index (χ1n) is 12.4. The van der Waals surface area contributed by atoms with Crippen LogP contribution in [0.3, 0.4) is 0 Å². The lowest BCUT2D eigenvalue weighted by molar-refractivity contribution is -0.138. The second kappa shape index (κ2) is 10.0. The third-order valence-corrected chi connectivity index (χ3v) is 7.56. The Balaban J connectivity index is 1.69. The molecular formula is C27H36F3NO. The van der Waals surface area contributed by atoms with Crippen LogP contribution in [0.4, 0.5) is 13.2 Å². The summed E-state index contributed by atoms with van der Waals surface area (Å²) < 4.78 is 49.0. The van der Waals surface area contributed by atoms with Crippen LogP contribution in [0.2, 0.25) is 0 Å². The van der Waals surface area contributed by atoms with Crippen LogP contribution in [0.15, 0.2) is 30.3 Å². The molecule has 1 heterocycles. The van der Waals surface area contributed by atoms with Gasteiger partial charge in [0.25, 0.3) is 0 Å². The summed E-state index contributed by atoms with van der Waals surface area (Å²) in [5.74, 6) is 0.671. The zero-order valence-electron chi connectivity index (χ0n) is 19.4. The van der Waals surface area contributed by atoms with E-state index in [9.17, 15) is 13.2 Å². The molecule has 176 valence electrons. The van der Waals surface area contributed by atoms with E-state index >= 15 is 0 Å². The van der Waals surface area contributed by atoms with Crippen LogP contribution >= 0.6 is 0 Å². The van der Waals surface area contributed by atoms with Gasteiger partial charge in [0.15, 0.2) is 0 Å². The summed E-state index contributed by atoms with van der Waals surface area (Å²) in [7, 11) is 0. The van der Waals surface area contributed by atoms with Crippen molar-refractivity contribution in [3.05, 3.63) is 41.5 Å². The van der Waals surface area contributed by atoms with Crippen molar-refractivity contribution in [2.24, 2.45) is 5.92 Å². The van der Waals surface area contributed by atoms with Crippen LogP contribution < -0.4 is 4.74 Å². The summed E-state index contributed by atoms with van der Waals surface area (Å²) in [6.07, 6.45) is 4.75. The van der Waals surface area contributed by atoms with Gasteiger partial charge in [0.1, 0.15) is 11.3 Å². The molecule has 2 aromatic carbocycles. The number of hydrogen-bond acceptors (Lipinski definition) is 2. The van der Waals surface area contributed by atoms with Gasteiger partial charge in [0, 0.05) is 6.04 Å². The largest absolute Gasteiger partial charge is 0.490 e. The van der Waals surface area contributed by atoms with Gasteiger partial charge in [-0.15, -0.1) is 0 Å². The summed E-state index contributed by atoms with van der Waals surface area (Å²) in [6, 6.07) is 9.11. The van der Waals surface area contributed by atoms with Crippen molar-refractivity contribution < 1.29 is 17.9 Å². The molecule has 1 saturated heterocycles. The molecule has 0 aromatic heterocycles. The molecule has 5 heteroatoms. The van der Waals surface area contributed by atoms with Gasteiger partial charge in [-0.1, -0.05) is 44.9 Å². The quantitative estimate of drug-likeness (QED) is 0.443. The Hall–Kier alpha value is -1.75. The highest BCUT2D eigenvalue weighted by molar-refractivity contribution is 5.89. The topological polar surface area (TPSA) is 12.5 Å². The Bertz CT molecular complexity index is 896. The molecule has 0 bridgehead atoms. The Morgan fingerprint density at radius 3 is 2.28 bits per heavy atom. The summed E-state index contributed by atoms with van der Waals surface area (Å²) in [5, 5.41) is 0.891. The predicted octanol–water partition coefficient (Wildman–Crippen LogP) is 8.14. The fraction of sp³-hybridized carbons (Fsp3) is 0.630. The average Bonchev–Trinajstić information content (AvgIpc) is 2.79. The number of likely N-dealkylation sites (tertiary alicyclic amines) is 1. The van der Waals surface area contributed by atoms with E-state index in [1.54, 1.807) is 12.1 Å². The number of nitrogens with zero attached hydrogens (tertiary/aromatic N) is 1. The van der Waals surface area contributed by atoms with E-state index in [0.717, 1.165) is 70.0 Å². The molecule has 2 aromatic rings. The zero-order chi connectivity index (χ0) is 22.7. The fourth-order valence-corrected chi connectivity index (χ4v) is 5.69. The van der Waals surface area contributed by atoms with Crippen molar-refractivity contribution >= 4 is 10.8 Å². The Kier molecular flexibility index (Phi) is 7.34. The number of halogens is 3. The van der Waals surface area contributed by atoms with Crippen molar-refractivity contribution in [2.75, 3.05) is 13.1 Å². The molecule has 0 amide bonds. The van der Waals surface area contributed by atoms with Crippen LogP contribution in [0.25, 0.3) is 10.8 Å². The SMILES string of the molecule is CCC1CCC(Oc2ccc3ccc([C@@H](CC)N4CCCCC4)cc3c2C(F)(F)F)CC1. The number of rotatable bonds is 6. The maximum atomic E-state index is 14.3. The molecule has 0 unspecified atom stereocenters. The van der Waals surface area contributed by atoms with Gasteiger partial charge in [-0.25, -0.2) is 0 Å². The monoisotopic (exact) mass is 447 g/mol. The smallest absolute Gasteiger partial charge is 0.420 e. The first kappa shape index (κ1) is 23.4. The predicted molar refractivity (Wildman–Crippen MR) is 124 cm³/mol. The minimum atomic E-state index is -4.46.